The highest BCUT2D eigenvalue weighted by Crippen LogP contribution is 2.62. The summed E-state index contributed by atoms with van der Waals surface area (Å²) in [5.74, 6) is 0.805. The van der Waals surface area contributed by atoms with Gasteiger partial charge >= 0.3 is 0 Å². The fraction of sp³-hybridized carbons (Fsp3) is 0.269. The standard InChI is InChI=1S/C26H29NOP.BrH/c1-21(2)20-27-19-18-25(26(27)28)29(22-12-6-3-7-13-22,23-14-8-4-9-15-23)24-16-10-5-11-17-24;/h3-17,21,25H,18-20H2,1-2H3;1H/q+1;/p-1. The van der Waals surface area contributed by atoms with Gasteiger partial charge in [0.2, 0.25) is 0 Å². The number of halogens is 1. The van der Waals surface area contributed by atoms with Gasteiger partial charge in [-0.2, -0.15) is 0 Å². The third-order valence-corrected chi connectivity index (χ3v) is 10.6. The molecule has 1 aliphatic heterocycles. The zero-order valence-electron chi connectivity index (χ0n) is 17.6. The Balaban J connectivity index is 0.00000256. The number of likely N-dealkylation sites (tertiary alicyclic amines) is 1. The predicted octanol–water partition coefficient (Wildman–Crippen LogP) is 1.24. The molecule has 1 amide bonds. The lowest BCUT2D eigenvalue weighted by atomic mass is 10.2. The van der Waals surface area contributed by atoms with Crippen molar-refractivity contribution in [3.8, 4) is 0 Å². The van der Waals surface area contributed by atoms with Crippen LogP contribution in [-0.2, 0) is 4.79 Å². The third kappa shape index (κ3) is 4.11. The highest BCUT2D eigenvalue weighted by Gasteiger charge is 2.58. The van der Waals surface area contributed by atoms with Crippen LogP contribution in [0, 0.1) is 5.92 Å². The van der Waals surface area contributed by atoms with Gasteiger partial charge in [0, 0.05) is 19.5 Å². The topological polar surface area (TPSA) is 20.3 Å². The molecule has 1 unspecified atom stereocenters. The molecule has 4 heteroatoms. The van der Waals surface area contributed by atoms with Gasteiger partial charge in [-0.25, -0.2) is 0 Å². The number of amides is 1. The monoisotopic (exact) mass is 481 g/mol. The van der Waals surface area contributed by atoms with Gasteiger partial charge in [0.25, 0.3) is 5.91 Å². The summed E-state index contributed by atoms with van der Waals surface area (Å²) in [5.41, 5.74) is -0.00606. The van der Waals surface area contributed by atoms with Gasteiger partial charge in [0.15, 0.2) is 5.66 Å². The van der Waals surface area contributed by atoms with Crippen molar-refractivity contribution in [2.45, 2.75) is 25.9 Å². The zero-order chi connectivity index (χ0) is 20.3. The molecule has 1 atom stereocenters. The first-order chi connectivity index (χ1) is 14.1. The molecule has 0 aromatic heterocycles. The van der Waals surface area contributed by atoms with E-state index >= 15 is 0 Å². The highest BCUT2D eigenvalue weighted by atomic mass is 79.9. The average molecular weight is 482 g/mol. The lowest BCUT2D eigenvalue weighted by Gasteiger charge is -2.32. The minimum Gasteiger partial charge on any atom is -1.00 e. The molecule has 3 aromatic rings. The van der Waals surface area contributed by atoms with E-state index in [1.165, 1.54) is 15.9 Å². The SMILES string of the molecule is CC(C)CN1CCC([P+](c2ccccc2)(c2ccccc2)c2ccccc2)C1=O.[Br-]. The molecule has 156 valence electrons. The first kappa shape index (κ1) is 22.7. The van der Waals surface area contributed by atoms with Crippen LogP contribution in [0.1, 0.15) is 20.3 Å². The molecule has 0 radical (unpaired) electrons. The molecule has 0 saturated carbocycles. The van der Waals surface area contributed by atoms with Gasteiger partial charge < -0.3 is 21.9 Å². The normalized spacial score (nSPS) is 16.6. The van der Waals surface area contributed by atoms with Gasteiger partial charge in [-0.15, -0.1) is 0 Å². The van der Waals surface area contributed by atoms with Crippen LogP contribution in [0.5, 0.6) is 0 Å². The second-order valence-corrected chi connectivity index (χ2v) is 11.8. The Bertz CT molecular complexity index is 850. The van der Waals surface area contributed by atoms with Crippen molar-refractivity contribution < 1.29 is 21.8 Å². The fourth-order valence-corrected chi connectivity index (χ4v) is 9.58. The van der Waals surface area contributed by atoms with Crippen molar-refractivity contribution in [1.82, 2.24) is 4.90 Å². The Morgan fingerprint density at radius 3 is 1.57 bits per heavy atom. The first-order valence-electron chi connectivity index (χ1n) is 10.5. The van der Waals surface area contributed by atoms with E-state index in [2.05, 4.69) is 110 Å². The van der Waals surface area contributed by atoms with Gasteiger partial charge in [0.05, 0.1) is 0 Å². The van der Waals surface area contributed by atoms with Crippen LogP contribution in [0.15, 0.2) is 91.0 Å². The number of carbonyl (C=O) groups is 1. The first-order valence-corrected chi connectivity index (χ1v) is 12.3. The maximum atomic E-state index is 13.8. The van der Waals surface area contributed by atoms with Crippen LogP contribution in [0.4, 0.5) is 0 Å². The van der Waals surface area contributed by atoms with Crippen molar-refractivity contribution in [2.24, 2.45) is 5.92 Å². The number of benzene rings is 3. The second kappa shape index (κ2) is 9.90. The molecule has 0 N–H and O–H groups in total. The van der Waals surface area contributed by atoms with E-state index < -0.39 is 7.26 Å². The van der Waals surface area contributed by atoms with Crippen molar-refractivity contribution in [2.75, 3.05) is 13.1 Å². The van der Waals surface area contributed by atoms with E-state index in [4.69, 9.17) is 0 Å². The molecule has 1 fully saturated rings. The highest BCUT2D eigenvalue weighted by molar-refractivity contribution is 7.96. The van der Waals surface area contributed by atoms with Gasteiger partial charge in [-0.1, -0.05) is 68.4 Å². The van der Waals surface area contributed by atoms with Crippen LogP contribution in [0.3, 0.4) is 0 Å². The van der Waals surface area contributed by atoms with Gasteiger partial charge in [-0.05, 0) is 42.3 Å². The molecule has 3 aromatic carbocycles. The number of rotatable bonds is 6. The summed E-state index contributed by atoms with van der Waals surface area (Å²) in [4.78, 5) is 15.9. The minimum absolute atomic E-state index is 0. The molecule has 1 heterocycles. The van der Waals surface area contributed by atoms with Gasteiger partial charge in [-0.3, -0.25) is 4.79 Å². The van der Waals surface area contributed by atoms with E-state index in [9.17, 15) is 4.79 Å². The van der Waals surface area contributed by atoms with Crippen molar-refractivity contribution in [3.05, 3.63) is 91.0 Å². The largest absolute Gasteiger partial charge is 1.00 e. The van der Waals surface area contributed by atoms with Crippen LogP contribution < -0.4 is 32.9 Å². The Labute approximate surface area is 191 Å². The van der Waals surface area contributed by atoms with E-state index in [1.54, 1.807) is 0 Å². The average Bonchev–Trinajstić information content (AvgIpc) is 3.11. The van der Waals surface area contributed by atoms with Crippen LogP contribution in [0.2, 0.25) is 0 Å². The summed E-state index contributed by atoms with van der Waals surface area (Å²) >= 11 is 0. The Kier molecular flexibility index (Phi) is 7.50. The summed E-state index contributed by atoms with van der Waals surface area (Å²) < 4.78 is 0. The zero-order valence-corrected chi connectivity index (χ0v) is 20.1. The summed E-state index contributed by atoms with van der Waals surface area (Å²) in [6, 6.07) is 32.2. The molecule has 0 aliphatic carbocycles. The Morgan fingerprint density at radius 1 is 0.800 bits per heavy atom. The van der Waals surface area contributed by atoms with Crippen molar-refractivity contribution in [1.29, 1.82) is 0 Å². The molecule has 0 spiro atoms. The summed E-state index contributed by atoms with van der Waals surface area (Å²) in [5, 5.41) is 3.88. The quantitative estimate of drug-likeness (QED) is 0.485. The smallest absolute Gasteiger partial charge is 0.264 e. The second-order valence-electron chi connectivity index (χ2n) is 8.21. The van der Waals surface area contributed by atoms with Crippen LogP contribution in [0.25, 0.3) is 0 Å². The number of carbonyl (C=O) groups excluding carboxylic acids is 1. The summed E-state index contributed by atoms with van der Waals surface area (Å²) in [6.07, 6.45) is 0.915. The molecule has 30 heavy (non-hydrogen) atoms. The van der Waals surface area contributed by atoms with Crippen molar-refractivity contribution in [3.63, 3.8) is 0 Å². The summed E-state index contributed by atoms with van der Waals surface area (Å²) in [6.45, 7) is 6.08. The van der Waals surface area contributed by atoms with E-state index in [1.807, 2.05) is 0 Å². The summed E-state index contributed by atoms with van der Waals surface area (Å²) in [7, 11) is -2.13. The third-order valence-electron chi connectivity index (χ3n) is 5.81. The molecule has 0 bridgehead atoms. The fourth-order valence-electron chi connectivity index (χ4n) is 4.68. The maximum absolute atomic E-state index is 13.8. The number of nitrogens with zero attached hydrogens (tertiary/aromatic N) is 1. The van der Waals surface area contributed by atoms with E-state index in [-0.39, 0.29) is 22.6 Å². The minimum atomic E-state index is -2.13. The molecule has 1 saturated heterocycles. The lowest BCUT2D eigenvalue weighted by molar-refractivity contribution is -0.127. The molecular weight excluding hydrogens is 453 g/mol. The predicted molar refractivity (Wildman–Crippen MR) is 125 cm³/mol. The molecule has 1 aliphatic rings. The van der Waals surface area contributed by atoms with Crippen LogP contribution >= 0.6 is 7.26 Å². The lowest BCUT2D eigenvalue weighted by Crippen LogP contribution is -3.00. The van der Waals surface area contributed by atoms with Crippen molar-refractivity contribution >= 4 is 29.1 Å². The number of hydrogen-bond donors (Lipinski definition) is 0. The van der Waals surface area contributed by atoms with E-state index in [0.29, 0.717) is 11.8 Å². The maximum Gasteiger partial charge on any atom is 0.264 e. The molecular formula is C26H29BrNOP. The Morgan fingerprint density at radius 2 is 1.20 bits per heavy atom. The van der Waals surface area contributed by atoms with Gasteiger partial charge in [0.1, 0.15) is 23.2 Å². The molecule has 4 rings (SSSR count). The van der Waals surface area contributed by atoms with Crippen LogP contribution in [-0.4, -0.2) is 29.6 Å². The van der Waals surface area contributed by atoms with E-state index in [0.717, 1.165) is 19.5 Å². The Hall–Kier alpha value is -1.96. The molecule has 2 nitrogen and oxygen atoms in total. The number of hydrogen-bond acceptors (Lipinski definition) is 1.